The molecule has 2 fully saturated rings. The van der Waals surface area contributed by atoms with Gasteiger partial charge in [-0.1, -0.05) is 13.0 Å². The zero-order valence-electron chi connectivity index (χ0n) is 17.8. The van der Waals surface area contributed by atoms with Crippen LogP contribution in [0.5, 0.6) is 0 Å². The van der Waals surface area contributed by atoms with Crippen molar-refractivity contribution in [3.63, 3.8) is 0 Å². The molecule has 0 amide bonds. The van der Waals surface area contributed by atoms with Gasteiger partial charge in [-0.2, -0.15) is 0 Å². The summed E-state index contributed by atoms with van der Waals surface area (Å²) >= 11 is 0. The second-order valence-corrected chi connectivity index (χ2v) is 8.43. The van der Waals surface area contributed by atoms with E-state index in [0.29, 0.717) is 19.1 Å². The van der Waals surface area contributed by atoms with Gasteiger partial charge in [0, 0.05) is 25.7 Å². The Kier molecular flexibility index (Phi) is 7.48. The molecule has 1 aromatic rings. The molecule has 28 heavy (non-hydrogen) atoms. The molecule has 0 aromatic carbocycles. The van der Waals surface area contributed by atoms with Crippen LogP contribution < -0.4 is 10.6 Å². The third-order valence-corrected chi connectivity index (χ3v) is 6.35. The Labute approximate surface area is 169 Å². The van der Waals surface area contributed by atoms with Crippen LogP contribution in [0.3, 0.4) is 0 Å². The van der Waals surface area contributed by atoms with Crippen LogP contribution in [0.4, 0.5) is 0 Å². The Hall–Kier alpha value is -1.89. The molecule has 0 atom stereocenters. The third kappa shape index (κ3) is 5.56. The van der Waals surface area contributed by atoms with E-state index in [1.165, 1.54) is 51.6 Å². The van der Waals surface area contributed by atoms with Crippen molar-refractivity contribution in [3.8, 4) is 0 Å². The lowest BCUT2D eigenvalue weighted by Gasteiger charge is -2.40. The number of hydrogen-bond acceptors (Lipinski definition) is 4. The maximum atomic E-state index is 4.73. The SMILES string of the molecule is C=CCNC(=NCc1nnc(C)n1C)NC1CCC(N2CCC(C)CC2)CC1. The van der Waals surface area contributed by atoms with Gasteiger partial charge >= 0.3 is 0 Å². The first-order chi connectivity index (χ1) is 13.6. The highest BCUT2D eigenvalue weighted by Crippen LogP contribution is 2.27. The monoisotopic (exact) mass is 387 g/mol. The fourth-order valence-electron chi connectivity index (χ4n) is 4.23. The number of aromatic nitrogens is 3. The number of likely N-dealkylation sites (tertiary alicyclic amines) is 1. The average molecular weight is 388 g/mol. The van der Waals surface area contributed by atoms with E-state index in [0.717, 1.165) is 29.6 Å². The number of guanidine groups is 1. The molecular formula is C21H37N7. The van der Waals surface area contributed by atoms with Crippen LogP contribution in [0, 0.1) is 12.8 Å². The van der Waals surface area contributed by atoms with Crippen LogP contribution in [0.25, 0.3) is 0 Å². The number of rotatable bonds is 6. The van der Waals surface area contributed by atoms with Gasteiger partial charge in [0.15, 0.2) is 11.8 Å². The second-order valence-electron chi connectivity index (χ2n) is 8.43. The zero-order chi connectivity index (χ0) is 19.9. The predicted molar refractivity (Wildman–Crippen MR) is 114 cm³/mol. The van der Waals surface area contributed by atoms with E-state index in [9.17, 15) is 0 Å². The van der Waals surface area contributed by atoms with E-state index in [1.807, 2.05) is 24.6 Å². The topological polar surface area (TPSA) is 70.4 Å². The Morgan fingerprint density at radius 1 is 1.18 bits per heavy atom. The molecule has 0 bridgehead atoms. The van der Waals surface area contributed by atoms with Crippen molar-refractivity contribution in [1.29, 1.82) is 0 Å². The predicted octanol–water partition coefficient (Wildman–Crippen LogP) is 2.39. The van der Waals surface area contributed by atoms with E-state index in [4.69, 9.17) is 4.99 Å². The molecular weight excluding hydrogens is 350 g/mol. The minimum atomic E-state index is 0.484. The van der Waals surface area contributed by atoms with E-state index < -0.39 is 0 Å². The zero-order valence-corrected chi connectivity index (χ0v) is 17.8. The van der Waals surface area contributed by atoms with Crippen LogP contribution >= 0.6 is 0 Å². The largest absolute Gasteiger partial charge is 0.354 e. The van der Waals surface area contributed by atoms with E-state index in [1.54, 1.807) is 0 Å². The summed E-state index contributed by atoms with van der Waals surface area (Å²) in [5, 5.41) is 15.3. The average Bonchev–Trinajstić information content (AvgIpc) is 3.03. The molecule has 2 N–H and O–H groups in total. The lowest BCUT2D eigenvalue weighted by Crippen LogP contribution is -2.48. The molecule has 7 nitrogen and oxygen atoms in total. The molecule has 1 saturated heterocycles. The van der Waals surface area contributed by atoms with Crippen molar-refractivity contribution in [2.24, 2.45) is 18.0 Å². The van der Waals surface area contributed by atoms with E-state index in [-0.39, 0.29) is 0 Å². The van der Waals surface area contributed by atoms with Gasteiger partial charge in [0.05, 0.1) is 0 Å². The first-order valence-electron chi connectivity index (χ1n) is 10.8. The van der Waals surface area contributed by atoms with Crippen LogP contribution in [0.15, 0.2) is 17.6 Å². The summed E-state index contributed by atoms with van der Waals surface area (Å²) in [7, 11) is 1.98. The molecule has 7 heteroatoms. The Morgan fingerprint density at radius 2 is 1.89 bits per heavy atom. The van der Waals surface area contributed by atoms with E-state index in [2.05, 4.69) is 39.2 Å². The maximum absolute atomic E-state index is 4.73. The number of aliphatic imine (C=N–C) groups is 1. The molecule has 0 unspecified atom stereocenters. The summed E-state index contributed by atoms with van der Waals surface area (Å²) in [4.78, 5) is 7.46. The van der Waals surface area contributed by atoms with Gasteiger partial charge in [-0.15, -0.1) is 16.8 Å². The Balaban J connectivity index is 1.51. The van der Waals surface area contributed by atoms with Crippen molar-refractivity contribution in [1.82, 2.24) is 30.3 Å². The summed E-state index contributed by atoms with van der Waals surface area (Å²) in [5.41, 5.74) is 0. The summed E-state index contributed by atoms with van der Waals surface area (Å²) in [5.74, 6) is 3.53. The summed E-state index contributed by atoms with van der Waals surface area (Å²) < 4.78 is 1.99. The highest BCUT2D eigenvalue weighted by Gasteiger charge is 2.28. The number of nitrogens with zero attached hydrogens (tertiary/aromatic N) is 5. The molecule has 1 aliphatic heterocycles. The minimum absolute atomic E-state index is 0.484. The van der Waals surface area contributed by atoms with Crippen LogP contribution in [0.1, 0.15) is 57.1 Å². The summed E-state index contributed by atoms with van der Waals surface area (Å²) in [6.07, 6.45) is 9.55. The highest BCUT2D eigenvalue weighted by atomic mass is 15.3. The number of aryl methyl sites for hydroxylation is 1. The number of piperidine rings is 1. The van der Waals surface area contributed by atoms with Crippen LogP contribution in [-0.2, 0) is 13.6 Å². The lowest BCUT2D eigenvalue weighted by molar-refractivity contribution is 0.105. The second kappa shape index (κ2) is 10.0. The fraction of sp³-hybridized carbons (Fsp3) is 0.762. The third-order valence-electron chi connectivity index (χ3n) is 6.35. The van der Waals surface area contributed by atoms with Crippen LogP contribution in [-0.4, -0.2) is 57.3 Å². The quantitative estimate of drug-likeness (QED) is 0.446. The van der Waals surface area contributed by atoms with Gasteiger partial charge in [-0.25, -0.2) is 4.99 Å². The lowest BCUT2D eigenvalue weighted by atomic mass is 9.88. The first-order valence-corrected chi connectivity index (χ1v) is 10.8. The first kappa shape index (κ1) is 20.8. The normalized spacial score (nSPS) is 24.9. The molecule has 0 spiro atoms. The van der Waals surface area contributed by atoms with Gasteiger partial charge in [0.25, 0.3) is 0 Å². The summed E-state index contributed by atoms with van der Waals surface area (Å²) in [6, 6.07) is 1.26. The van der Waals surface area contributed by atoms with E-state index >= 15 is 0 Å². The molecule has 0 radical (unpaired) electrons. The van der Waals surface area contributed by atoms with Crippen molar-refractivity contribution in [2.75, 3.05) is 19.6 Å². The molecule has 1 saturated carbocycles. The molecule has 2 heterocycles. The van der Waals surface area contributed by atoms with Gasteiger partial charge < -0.3 is 20.1 Å². The van der Waals surface area contributed by atoms with Gasteiger partial charge in [-0.3, -0.25) is 0 Å². The Morgan fingerprint density at radius 3 is 2.50 bits per heavy atom. The van der Waals surface area contributed by atoms with Crippen molar-refractivity contribution >= 4 is 5.96 Å². The fourth-order valence-corrected chi connectivity index (χ4v) is 4.23. The Bertz CT molecular complexity index is 650. The van der Waals surface area contributed by atoms with Crippen molar-refractivity contribution < 1.29 is 0 Å². The maximum Gasteiger partial charge on any atom is 0.192 e. The smallest absolute Gasteiger partial charge is 0.192 e. The van der Waals surface area contributed by atoms with Crippen molar-refractivity contribution in [2.45, 2.75) is 71.0 Å². The summed E-state index contributed by atoms with van der Waals surface area (Å²) in [6.45, 7) is 11.9. The molecule has 156 valence electrons. The molecule has 2 aliphatic rings. The van der Waals surface area contributed by atoms with Gasteiger partial charge in [-0.05, 0) is 64.5 Å². The molecule has 3 rings (SSSR count). The minimum Gasteiger partial charge on any atom is -0.354 e. The van der Waals surface area contributed by atoms with Gasteiger partial charge in [0.1, 0.15) is 12.4 Å². The molecule has 1 aliphatic carbocycles. The standard InChI is InChI=1S/C21H37N7/c1-5-12-22-21(23-15-20-26-25-17(3)27(20)4)24-18-6-8-19(9-7-18)28-13-10-16(2)11-14-28/h5,16,18-19H,1,6-15H2,2-4H3,(H2,22,23,24). The molecule has 1 aromatic heterocycles. The highest BCUT2D eigenvalue weighted by molar-refractivity contribution is 5.80. The number of hydrogen-bond donors (Lipinski definition) is 2. The number of nitrogens with one attached hydrogen (secondary N) is 2. The van der Waals surface area contributed by atoms with Crippen molar-refractivity contribution in [3.05, 3.63) is 24.3 Å². The van der Waals surface area contributed by atoms with Crippen LogP contribution in [0.2, 0.25) is 0 Å². The van der Waals surface area contributed by atoms with Gasteiger partial charge in [0.2, 0.25) is 0 Å².